The molecular formula is C31H30ClF3N2O6. The van der Waals surface area contributed by atoms with Gasteiger partial charge in [-0.3, -0.25) is 9.59 Å². The summed E-state index contributed by atoms with van der Waals surface area (Å²) >= 11 is 6.11. The highest BCUT2D eigenvalue weighted by molar-refractivity contribution is 6.30. The van der Waals surface area contributed by atoms with Crippen LogP contribution in [-0.4, -0.2) is 45.6 Å². The van der Waals surface area contributed by atoms with Crippen LogP contribution in [0.2, 0.25) is 5.02 Å². The van der Waals surface area contributed by atoms with Gasteiger partial charge in [0.25, 0.3) is 5.91 Å². The summed E-state index contributed by atoms with van der Waals surface area (Å²) in [6.45, 7) is 0.683. The van der Waals surface area contributed by atoms with Gasteiger partial charge in [-0.25, -0.2) is 0 Å². The highest BCUT2D eigenvalue weighted by Gasteiger charge is 2.36. The van der Waals surface area contributed by atoms with Crippen molar-refractivity contribution in [2.75, 3.05) is 37.6 Å². The van der Waals surface area contributed by atoms with Crippen LogP contribution in [0.25, 0.3) is 0 Å². The van der Waals surface area contributed by atoms with Crippen molar-refractivity contribution in [3.05, 3.63) is 76.8 Å². The van der Waals surface area contributed by atoms with Gasteiger partial charge in [0, 0.05) is 41.5 Å². The number of alkyl halides is 3. The summed E-state index contributed by atoms with van der Waals surface area (Å²) < 4.78 is 59.1. The van der Waals surface area contributed by atoms with Crippen LogP contribution in [0.1, 0.15) is 30.0 Å². The van der Waals surface area contributed by atoms with Crippen LogP contribution in [0.15, 0.2) is 60.7 Å². The molecule has 12 heteroatoms. The summed E-state index contributed by atoms with van der Waals surface area (Å²) in [5.74, 6) is 0.0945. The zero-order chi connectivity index (χ0) is 30.7. The molecule has 1 amide bonds. The van der Waals surface area contributed by atoms with Crippen LogP contribution in [0.5, 0.6) is 17.2 Å². The molecule has 3 aromatic carbocycles. The van der Waals surface area contributed by atoms with Gasteiger partial charge in [-0.2, -0.15) is 0 Å². The fraction of sp³-hybridized carbons (Fsp3) is 0.355. The summed E-state index contributed by atoms with van der Waals surface area (Å²) in [5.41, 5.74) is 2.21. The highest BCUT2D eigenvalue weighted by Crippen LogP contribution is 2.38. The molecule has 8 nitrogen and oxygen atoms in total. The summed E-state index contributed by atoms with van der Waals surface area (Å²) in [4.78, 5) is 27.2. The van der Waals surface area contributed by atoms with Gasteiger partial charge >= 0.3 is 12.3 Å². The van der Waals surface area contributed by atoms with Crippen LogP contribution in [0, 0.1) is 11.8 Å². The molecule has 1 aliphatic heterocycles. The minimum Gasteiger partial charge on any atom is -0.497 e. The molecule has 1 fully saturated rings. The average molecular weight is 619 g/mol. The molecule has 1 unspecified atom stereocenters. The van der Waals surface area contributed by atoms with E-state index >= 15 is 0 Å². The number of anilines is 2. The average Bonchev–Trinajstić information content (AvgIpc) is 3.37. The number of amides is 1. The normalized spacial score (nSPS) is 18.2. The van der Waals surface area contributed by atoms with E-state index in [-0.39, 0.29) is 30.3 Å². The van der Waals surface area contributed by atoms with E-state index in [4.69, 9.17) is 25.8 Å². The lowest BCUT2D eigenvalue weighted by Crippen LogP contribution is -2.37. The smallest absolute Gasteiger partial charge is 0.497 e. The second kappa shape index (κ2) is 12.6. The van der Waals surface area contributed by atoms with Gasteiger partial charge < -0.3 is 29.2 Å². The van der Waals surface area contributed by atoms with Gasteiger partial charge in [0.05, 0.1) is 32.4 Å². The Bertz CT molecular complexity index is 1480. The maximum Gasteiger partial charge on any atom is 0.573 e. The standard InChI is InChI=1S/C31H30ClF3N2O6/c1-40-25-13-23(14-26(15-25)42-17-18-11-21(12-18)30(39)41-2)36-28(20-3-6-22(32)7-4-20)29(38)37-10-9-19-5-8-24(16-27(19)37)43-31(33,34)35/h3-8,13-16,18,21,28,36H,9-12,17H2,1-2H3/t18-,21-,28?. The molecule has 228 valence electrons. The van der Waals surface area contributed by atoms with Crippen LogP contribution >= 0.6 is 11.6 Å². The number of benzene rings is 3. The number of carbonyl (C=O) groups excluding carboxylic acids is 2. The minimum atomic E-state index is -4.86. The maximum atomic E-state index is 14.1. The number of halogens is 4. The Kier molecular flexibility index (Phi) is 8.91. The zero-order valence-electron chi connectivity index (χ0n) is 23.4. The second-order valence-electron chi connectivity index (χ2n) is 10.5. The number of esters is 1. The van der Waals surface area contributed by atoms with Crippen molar-refractivity contribution in [2.45, 2.75) is 31.7 Å². The third-order valence-electron chi connectivity index (χ3n) is 7.58. The second-order valence-corrected chi connectivity index (χ2v) is 10.9. The van der Waals surface area contributed by atoms with Crippen LogP contribution in [0.4, 0.5) is 24.5 Å². The van der Waals surface area contributed by atoms with Crippen LogP contribution < -0.4 is 24.4 Å². The van der Waals surface area contributed by atoms with Gasteiger partial charge in [-0.1, -0.05) is 29.8 Å². The Morgan fingerprint density at radius 2 is 1.72 bits per heavy atom. The largest absolute Gasteiger partial charge is 0.573 e. The van der Waals surface area contributed by atoms with E-state index in [2.05, 4.69) is 10.1 Å². The van der Waals surface area contributed by atoms with Crippen molar-refractivity contribution in [3.8, 4) is 17.2 Å². The molecule has 0 spiro atoms. The minimum absolute atomic E-state index is 0.112. The number of methoxy groups -OCH3 is 2. The van der Waals surface area contributed by atoms with Gasteiger partial charge in [-0.15, -0.1) is 13.2 Å². The number of carbonyl (C=O) groups is 2. The number of nitrogens with one attached hydrogen (secondary N) is 1. The summed E-state index contributed by atoms with van der Waals surface area (Å²) in [5, 5.41) is 3.75. The highest BCUT2D eigenvalue weighted by atomic mass is 35.5. The predicted octanol–water partition coefficient (Wildman–Crippen LogP) is 6.57. The van der Waals surface area contributed by atoms with Gasteiger partial charge in [0.2, 0.25) is 0 Å². The monoisotopic (exact) mass is 618 g/mol. The van der Waals surface area contributed by atoms with Crippen molar-refractivity contribution in [2.24, 2.45) is 11.8 Å². The number of nitrogens with zero attached hydrogens (tertiary/aromatic N) is 1. The molecule has 1 saturated carbocycles. The summed E-state index contributed by atoms with van der Waals surface area (Å²) in [6.07, 6.45) is -3.01. The van der Waals surface area contributed by atoms with Crippen molar-refractivity contribution < 1.29 is 41.7 Å². The Hall–Kier alpha value is -4.12. The van der Waals surface area contributed by atoms with E-state index in [0.29, 0.717) is 59.3 Å². The van der Waals surface area contributed by atoms with Crippen molar-refractivity contribution in [3.63, 3.8) is 0 Å². The lowest BCUT2D eigenvalue weighted by atomic mass is 9.75. The van der Waals surface area contributed by atoms with Crippen molar-refractivity contribution in [1.29, 1.82) is 0 Å². The first-order valence-corrected chi connectivity index (χ1v) is 14.0. The number of hydrogen-bond donors (Lipinski definition) is 1. The molecule has 0 bridgehead atoms. The molecule has 1 heterocycles. The molecule has 1 aliphatic carbocycles. The molecule has 1 atom stereocenters. The molecule has 1 N–H and O–H groups in total. The molecule has 0 aromatic heterocycles. The van der Waals surface area contributed by atoms with E-state index < -0.39 is 18.2 Å². The van der Waals surface area contributed by atoms with Crippen molar-refractivity contribution >= 4 is 34.9 Å². The first-order valence-electron chi connectivity index (χ1n) is 13.6. The van der Waals surface area contributed by atoms with E-state index in [1.165, 1.54) is 37.3 Å². The topological polar surface area (TPSA) is 86.3 Å². The quantitative estimate of drug-likeness (QED) is 0.257. The fourth-order valence-electron chi connectivity index (χ4n) is 5.35. The molecule has 5 rings (SSSR count). The third kappa shape index (κ3) is 7.27. The van der Waals surface area contributed by atoms with Gasteiger partial charge in [0.15, 0.2) is 0 Å². The number of fused-ring (bicyclic) bond motifs is 1. The molecule has 0 radical (unpaired) electrons. The van der Waals surface area contributed by atoms with E-state index in [1.807, 2.05) is 0 Å². The first-order chi connectivity index (χ1) is 20.5. The Morgan fingerprint density at radius 1 is 1.00 bits per heavy atom. The van der Waals surface area contributed by atoms with Crippen molar-refractivity contribution in [1.82, 2.24) is 0 Å². The Labute approximate surface area is 251 Å². The molecule has 2 aliphatic rings. The zero-order valence-corrected chi connectivity index (χ0v) is 24.2. The van der Waals surface area contributed by atoms with E-state index in [0.717, 1.165) is 5.56 Å². The predicted molar refractivity (Wildman–Crippen MR) is 154 cm³/mol. The van der Waals surface area contributed by atoms with E-state index in [1.54, 1.807) is 42.5 Å². The molecular weight excluding hydrogens is 589 g/mol. The first kappa shape index (κ1) is 30.3. The fourth-order valence-corrected chi connectivity index (χ4v) is 5.48. The van der Waals surface area contributed by atoms with Crippen LogP contribution in [-0.2, 0) is 20.7 Å². The lowest BCUT2D eigenvalue weighted by Gasteiger charge is -2.33. The number of rotatable bonds is 10. The summed E-state index contributed by atoms with van der Waals surface area (Å²) in [7, 11) is 2.89. The number of hydrogen-bond acceptors (Lipinski definition) is 7. The molecule has 0 saturated heterocycles. The van der Waals surface area contributed by atoms with Gasteiger partial charge in [-0.05, 0) is 54.5 Å². The Balaban J connectivity index is 1.38. The Morgan fingerprint density at radius 3 is 2.40 bits per heavy atom. The lowest BCUT2D eigenvalue weighted by molar-refractivity contribution is -0.274. The van der Waals surface area contributed by atoms with E-state index in [9.17, 15) is 22.8 Å². The SMILES string of the molecule is COc1cc(NC(C(=O)N2CCc3ccc(OC(F)(F)F)cc32)c2ccc(Cl)cc2)cc(OC[C@H]2C[C@H](C(=O)OC)C2)c1. The number of ether oxygens (including phenoxy) is 4. The van der Waals surface area contributed by atoms with Crippen LogP contribution in [0.3, 0.4) is 0 Å². The molecule has 3 aromatic rings. The summed E-state index contributed by atoms with van der Waals surface area (Å²) in [6, 6.07) is 15.0. The van der Waals surface area contributed by atoms with Gasteiger partial charge in [0.1, 0.15) is 23.3 Å². The molecule has 43 heavy (non-hydrogen) atoms. The third-order valence-corrected chi connectivity index (χ3v) is 7.84. The maximum absolute atomic E-state index is 14.1.